The van der Waals surface area contributed by atoms with Crippen LogP contribution in [0.5, 0.6) is 0 Å². The molecule has 258 valence electrons. The van der Waals surface area contributed by atoms with Crippen LogP contribution in [-0.4, -0.2) is 0 Å². The quantitative estimate of drug-likeness (QED) is 0.171. The Hall–Kier alpha value is -6.94. The molecule has 0 saturated heterocycles. The topological polar surface area (TPSA) is 26.3 Å². The van der Waals surface area contributed by atoms with E-state index >= 15 is 0 Å². The van der Waals surface area contributed by atoms with Crippen LogP contribution in [0, 0.1) is 0 Å². The number of benzene rings is 8. The van der Waals surface area contributed by atoms with Crippen molar-refractivity contribution < 1.29 is 8.83 Å². The van der Waals surface area contributed by atoms with Gasteiger partial charge in [-0.1, -0.05) is 158 Å². The molecule has 11 rings (SSSR count). The maximum atomic E-state index is 6.44. The summed E-state index contributed by atoms with van der Waals surface area (Å²) in [6, 6.07) is 69.1. The van der Waals surface area contributed by atoms with Gasteiger partial charge in [0.05, 0.1) is 0 Å². The molecule has 0 fully saturated rings. The van der Waals surface area contributed by atoms with E-state index in [4.69, 9.17) is 8.83 Å². The Kier molecular flexibility index (Phi) is 7.39. The van der Waals surface area contributed by atoms with E-state index in [0.717, 1.165) is 44.6 Å². The van der Waals surface area contributed by atoms with Crippen molar-refractivity contribution in [3.05, 3.63) is 194 Å². The minimum Gasteiger partial charge on any atom is -0.456 e. The lowest BCUT2D eigenvalue weighted by molar-refractivity contribution is 0.631. The third-order valence-electron chi connectivity index (χ3n) is 10.7. The molecule has 11 aromatic rings. The largest absolute Gasteiger partial charge is 0.456 e. The van der Waals surface area contributed by atoms with E-state index in [1.165, 1.54) is 64.7 Å². The average molecular weight is 721 g/mol. The van der Waals surface area contributed by atoms with Gasteiger partial charge in [-0.25, -0.2) is 0 Å². The molecule has 0 spiro atoms. The molecule has 0 N–H and O–H groups in total. The summed E-state index contributed by atoms with van der Waals surface area (Å²) in [4.78, 5) is 0. The van der Waals surface area contributed by atoms with Gasteiger partial charge in [-0.3, -0.25) is 0 Å². The fourth-order valence-corrected chi connectivity index (χ4v) is 8.88. The van der Waals surface area contributed by atoms with Gasteiger partial charge in [-0.05, 0) is 80.9 Å². The molecule has 3 heteroatoms. The van der Waals surface area contributed by atoms with Crippen molar-refractivity contribution in [2.45, 2.75) is 0 Å². The minimum atomic E-state index is 0.875. The Balaban J connectivity index is 0.851. The van der Waals surface area contributed by atoms with Gasteiger partial charge in [0.15, 0.2) is 0 Å². The van der Waals surface area contributed by atoms with Crippen LogP contribution < -0.4 is 0 Å². The second kappa shape index (κ2) is 12.9. The molecule has 0 saturated carbocycles. The highest BCUT2D eigenvalue weighted by Crippen LogP contribution is 2.42. The number of hydrogen-bond donors (Lipinski definition) is 0. The van der Waals surface area contributed by atoms with Crippen molar-refractivity contribution >= 4 is 53.4 Å². The summed E-state index contributed by atoms with van der Waals surface area (Å²) in [6.07, 6.45) is 0. The van der Waals surface area contributed by atoms with E-state index in [9.17, 15) is 0 Å². The lowest BCUT2D eigenvalue weighted by Gasteiger charge is -2.06. The third-order valence-corrected chi connectivity index (χ3v) is 11.9. The number of fused-ring (bicyclic) bond motifs is 5. The van der Waals surface area contributed by atoms with Crippen LogP contribution in [-0.2, 0) is 0 Å². The van der Waals surface area contributed by atoms with Gasteiger partial charge < -0.3 is 8.83 Å². The molecule has 55 heavy (non-hydrogen) atoms. The van der Waals surface area contributed by atoms with Crippen molar-refractivity contribution in [1.29, 1.82) is 0 Å². The highest BCUT2D eigenvalue weighted by atomic mass is 32.1. The number of rotatable bonds is 6. The highest BCUT2D eigenvalue weighted by molar-refractivity contribution is 7.26. The molecule has 0 aliphatic rings. The van der Waals surface area contributed by atoms with E-state index in [-0.39, 0.29) is 0 Å². The molecule has 0 radical (unpaired) electrons. The van der Waals surface area contributed by atoms with Crippen LogP contribution in [0.4, 0.5) is 0 Å². The van der Waals surface area contributed by atoms with Gasteiger partial charge in [0.25, 0.3) is 0 Å². The fraction of sp³-hybridized carbons (Fsp3) is 0. The van der Waals surface area contributed by atoms with Crippen LogP contribution in [0.3, 0.4) is 0 Å². The molecule has 2 nitrogen and oxygen atoms in total. The number of thiophene rings is 1. The first kappa shape index (κ1) is 31.6. The Labute approximate surface area is 322 Å². The Morgan fingerprint density at radius 2 is 0.564 bits per heavy atom. The maximum absolute atomic E-state index is 6.44. The van der Waals surface area contributed by atoms with Crippen LogP contribution in [0.25, 0.3) is 109 Å². The smallest absolute Gasteiger partial charge is 0.136 e. The molecule has 3 aromatic heterocycles. The summed E-state index contributed by atoms with van der Waals surface area (Å²) in [5, 5.41) is 4.68. The second-order valence-corrected chi connectivity index (χ2v) is 15.2. The van der Waals surface area contributed by atoms with Gasteiger partial charge in [0.2, 0.25) is 0 Å². The van der Waals surface area contributed by atoms with Crippen molar-refractivity contribution in [1.82, 2.24) is 0 Å². The van der Waals surface area contributed by atoms with E-state index in [2.05, 4.69) is 182 Å². The summed E-state index contributed by atoms with van der Waals surface area (Å²) < 4.78 is 15.3. The summed E-state index contributed by atoms with van der Waals surface area (Å²) in [5.74, 6) is 1.75. The molecule has 0 bridgehead atoms. The summed E-state index contributed by atoms with van der Waals surface area (Å²) in [7, 11) is 0. The Bertz CT molecular complexity index is 2910. The molecule has 0 unspecified atom stereocenters. The van der Waals surface area contributed by atoms with Gasteiger partial charge >= 0.3 is 0 Å². The summed E-state index contributed by atoms with van der Waals surface area (Å²) >= 11 is 1.78. The monoisotopic (exact) mass is 720 g/mol. The van der Waals surface area contributed by atoms with E-state index in [0.29, 0.717) is 0 Å². The third kappa shape index (κ3) is 5.74. The van der Waals surface area contributed by atoms with E-state index < -0.39 is 0 Å². The minimum absolute atomic E-state index is 0.875. The summed E-state index contributed by atoms with van der Waals surface area (Å²) in [6.45, 7) is 0. The first-order valence-corrected chi connectivity index (χ1v) is 19.4. The van der Waals surface area contributed by atoms with Gasteiger partial charge in [0, 0.05) is 42.1 Å². The molecule has 0 amide bonds. The molecule has 0 aliphatic carbocycles. The highest BCUT2D eigenvalue weighted by Gasteiger charge is 2.15. The zero-order valence-electron chi connectivity index (χ0n) is 29.7. The van der Waals surface area contributed by atoms with Crippen LogP contribution in [0.2, 0.25) is 0 Å². The molecule has 0 aliphatic heterocycles. The molecule has 3 heterocycles. The fourth-order valence-electron chi connectivity index (χ4n) is 7.75. The van der Waals surface area contributed by atoms with Crippen molar-refractivity contribution in [3.63, 3.8) is 0 Å². The number of furan rings is 2. The van der Waals surface area contributed by atoms with Crippen molar-refractivity contribution in [2.75, 3.05) is 0 Å². The molecular formula is C52H32O2S. The standard InChI is InChI=1S/C52H32O2S/c1-3-7-33(8-4-1)35-11-15-37(16-12-35)39-19-23-41(24-20-39)47-29-43-27-45-46-28-44-30-48(54-50(44)32-52(46)55-51(45)31-49(43)53-47)42-25-21-40(22-26-42)38-17-13-36(14-18-38)34-9-5-2-6-10-34/h1-32H. The maximum Gasteiger partial charge on any atom is 0.136 e. The van der Waals surface area contributed by atoms with Crippen LogP contribution >= 0.6 is 11.3 Å². The SMILES string of the molecule is c1ccc(-c2ccc(-c3ccc(-c4cc5cc6c(cc5o4)sc4cc5oc(-c7ccc(-c8ccc(-c9ccccc9)cc8)cc7)cc5cc46)cc3)cc2)cc1. The zero-order valence-corrected chi connectivity index (χ0v) is 30.5. The summed E-state index contributed by atoms with van der Waals surface area (Å²) in [5.41, 5.74) is 13.6. The molecular weight excluding hydrogens is 689 g/mol. The molecule has 8 aromatic carbocycles. The van der Waals surface area contributed by atoms with Crippen LogP contribution in [0.15, 0.2) is 203 Å². The molecule has 0 atom stereocenters. The van der Waals surface area contributed by atoms with Gasteiger partial charge in [0.1, 0.15) is 22.7 Å². The predicted octanol–water partition coefficient (Wildman–Crippen LogP) is 15.5. The first-order chi connectivity index (χ1) is 27.2. The number of hydrogen-bond acceptors (Lipinski definition) is 3. The predicted molar refractivity (Wildman–Crippen MR) is 231 cm³/mol. The first-order valence-electron chi connectivity index (χ1n) is 18.5. The normalized spacial score (nSPS) is 11.6. The van der Waals surface area contributed by atoms with Crippen molar-refractivity contribution in [3.8, 4) is 67.2 Å². The average Bonchev–Trinajstić information content (AvgIpc) is 3.97. The zero-order chi connectivity index (χ0) is 36.3. The Morgan fingerprint density at radius 3 is 0.891 bits per heavy atom. The van der Waals surface area contributed by atoms with Crippen LogP contribution in [0.1, 0.15) is 0 Å². The van der Waals surface area contributed by atoms with Gasteiger partial charge in [-0.2, -0.15) is 0 Å². The van der Waals surface area contributed by atoms with E-state index in [1.807, 2.05) is 12.1 Å². The lowest BCUT2D eigenvalue weighted by Crippen LogP contribution is -1.81. The second-order valence-electron chi connectivity index (χ2n) is 14.1. The lowest BCUT2D eigenvalue weighted by atomic mass is 9.99. The van der Waals surface area contributed by atoms with E-state index in [1.54, 1.807) is 11.3 Å². The van der Waals surface area contributed by atoms with Gasteiger partial charge in [-0.15, -0.1) is 11.3 Å². The Morgan fingerprint density at radius 1 is 0.273 bits per heavy atom. The van der Waals surface area contributed by atoms with Crippen molar-refractivity contribution in [2.24, 2.45) is 0 Å².